The van der Waals surface area contributed by atoms with E-state index in [9.17, 15) is 0 Å². The van der Waals surface area contributed by atoms with E-state index in [1.165, 1.54) is 32.1 Å². The molecule has 1 saturated carbocycles. The van der Waals surface area contributed by atoms with Crippen LogP contribution in [0.15, 0.2) is 0 Å². The van der Waals surface area contributed by atoms with Crippen LogP contribution in [0.3, 0.4) is 0 Å². The molecule has 5 heteroatoms. The quantitative estimate of drug-likeness (QED) is 0.909. The van der Waals surface area contributed by atoms with Crippen molar-refractivity contribution < 1.29 is 0 Å². The Labute approximate surface area is 116 Å². The molecule has 0 saturated heterocycles. The Morgan fingerprint density at radius 3 is 2.79 bits per heavy atom. The molecule has 1 aromatic rings. The Morgan fingerprint density at radius 1 is 1.32 bits per heavy atom. The molecule has 0 bridgehead atoms. The molecule has 1 aliphatic rings. The topological polar surface area (TPSA) is 55.6 Å². The predicted molar refractivity (Wildman–Crippen MR) is 75.7 cm³/mol. The highest BCUT2D eigenvalue weighted by Gasteiger charge is 2.25. The minimum absolute atomic E-state index is 0.0926. The van der Waals surface area contributed by atoms with E-state index < -0.39 is 0 Å². The van der Waals surface area contributed by atoms with Crippen LogP contribution in [-0.4, -0.2) is 25.7 Å². The van der Waals surface area contributed by atoms with Crippen molar-refractivity contribution >= 4 is 0 Å². The Bertz CT molecular complexity index is 393. The van der Waals surface area contributed by atoms with E-state index in [0.717, 1.165) is 18.3 Å². The Kier molecular flexibility index (Phi) is 4.55. The number of nitrogens with zero attached hydrogens (tertiary/aromatic N) is 4. The minimum atomic E-state index is 0.0926. The summed E-state index contributed by atoms with van der Waals surface area (Å²) < 4.78 is 2.06. The van der Waals surface area contributed by atoms with Gasteiger partial charge in [0.2, 0.25) is 0 Å². The van der Waals surface area contributed by atoms with Crippen molar-refractivity contribution in [2.45, 2.75) is 77.9 Å². The fourth-order valence-corrected chi connectivity index (χ4v) is 2.81. The second-order valence-electron chi connectivity index (χ2n) is 6.74. The molecule has 2 unspecified atom stereocenters. The number of hydrogen-bond donors (Lipinski definition) is 1. The maximum atomic E-state index is 4.22. The maximum Gasteiger partial charge on any atom is 0.165 e. The Balaban J connectivity index is 2.02. The van der Waals surface area contributed by atoms with Crippen LogP contribution in [0.2, 0.25) is 0 Å². The number of hydrogen-bond acceptors (Lipinski definition) is 4. The zero-order valence-corrected chi connectivity index (χ0v) is 12.7. The van der Waals surface area contributed by atoms with Crippen LogP contribution in [0.1, 0.15) is 71.7 Å². The first kappa shape index (κ1) is 14.4. The van der Waals surface area contributed by atoms with E-state index in [4.69, 9.17) is 0 Å². The summed E-state index contributed by atoms with van der Waals surface area (Å²) in [5, 5.41) is 15.7. The van der Waals surface area contributed by atoms with Crippen LogP contribution in [-0.2, 0) is 6.54 Å². The molecular formula is C14H27N5. The van der Waals surface area contributed by atoms with E-state index >= 15 is 0 Å². The van der Waals surface area contributed by atoms with Crippen LogP contribution in [0.5, 0.6) is 0 Å². The number of aromatic nitrogens is 4. The van der Waals surface area contributed by atoms with E-state index in [2.05, 4.69) is 53.2 Å². The number of tetrazole rings is 1. The van der Waals surface area contributed by atoms with E-state index in [1.807, 2.05) is 0 Å². The van der Waals surface area contributed by atoms with Gasteiger partial charge in [-0.25, -0.2) is 4.68 Å². The monoisotopic (exact) mass is 265 g/mol. The lowest BCUT2D eigenvalue weighted by atomic mass is 9.84. The molecule has 0 radical (unpaired) electrons. The molecule has 2 atom stereocenters. The van der Waals surface area contributed by atoms with Gasteiger partial charge in [-0.2, -0.15) is 0 Å². The van der Waals surface area contributed by atoms with Gasteiger partial charge in [0.05, 0.1) is 12.6 Å². The summed E-state index contributed by atoms with van der Waals surface area (Å²) in [5.74, 6) is 1.81. The lowest BCUT2D eigenvalue weighted by Crippen LogP contribution is -2.36. The van der Waals surface area contributed by atoms with Gasteiger partial charge in [-0.05, 0) is 50.0 Å². The summed E-state index contributed by atoms with van der Waals surface area (Å²) >= 11 is 0. The largest absolute Gasteiger partial charge is 0.305 e. The van der Waals surface area contributed by atoms with Gasteiger partial charge in [0.15, 0.2) is 5.82 Å². The van der Waals surface area contributed by atoms with Crippen molar-refractivity contribution in [3.63, 3.8) is 0 Å². The van der Waals surface area contributed by atoms with Crippen LogP contribution < -0.4 is 5.32 Å². The standard InChI is InChI=1S/C14H27N5/c1-5-11-7-6-8-12(9-11)19-13(16-17-18-19)10-15-14(2,3)4/h11-12,15H,5-10H2,1-4H3. The molecule has 19 heavy (non-hydrogen) atoms. The molecule has 1 heterocycles. The van der Waals surface area contributed by atoms with Crippen LogP contribution >= 0.6 is 0 Å². The highest BCUT2D eigenvalue weighted by molar-refractivity contribution is 4.88. The molecule has 1 aliphatic carbocycles. The van der Waals surface area contributed by atoms with Gasteiger partial charge in [0.1, 0.15) is 0 Å². The van der Waals surface area contributed by atoms with E-state index in [-0.39, 0.29) is 5.54 Å². The summed E-state index contributed by atoms with van der Waals surface area (Å²) in [5.41, 5.74) is 0.0926. The molecule has 0 aromatic carbocycles. The van der Waals surface area contributed by atoms with Gasteiger partial charge in [-0.3, -0.25) is 0 Å². The van der Waals surface area contributed by atoms with Crippen LogP contribution in [0.25, 0.3) is 0 Å². The van der Waals surface area contributed by atoms with Crippen molar-refractivity contribution in [2.24, 2.45) is 5.92 Å². The van der Waals surface area contributed by atoms with Gasteiger partial charge in [0, 0.05) is 5.54 Å². The molecule has 5 nitrogen and oxygen atoms in total. The highest BCUT2D eigenvalue weighted by atomic mass is 15.6. The molecule has 0 aliphatic heterocycles. The van der Waals surface area contributed by atoms with Crippen LogP contribution in [0.4, 0.5) is 0 Å². The normalized spacial score (nSPS) is 24.6. The third kappa shape index (κ3) is 4.00. The second kappa shape index (κ2) is 5.99. The smallest absolute Gasteiger partial charge is 0.165 e. The minimum Gasteiger partial charge on any atom is -0.305 e. The van der Waals surface area contributed by atoms with Gasteiger partial charge < -0.3 is 5.32 Å². The molecular weight excluding hydrogens is 238 g/mol. The molecule has 1 aromatic heterocycles. The van der Waals surface area contributed by atoms with Crippen LogP contribution in [0, 0.1) is 5.92 Å². The zero-order chi connectivity index (χ0) is 13.9. The average molecular weight is 265 g/mol. The van der Waals surface area contributed by atoms with E-state index in [0.29, 0.717) is 6.04 Å². The van der Waals surface area contributed by atoms with Gasteiger partial charge in [-0.15, -0.1) is 5.10 Å². The van der Waals surface area contributed by atoms with Gasteiger partial charge in [0.25, 0.3) is 0 Å². The SMILES string of the molecule is CCC1CCCC(n2nnnc2CNC(C)(C)C)C1. The number of rotatable bonds is 4. The summed E-state index contributed by atoms with van der Waals surface area (Å²) in [6.45, 7) is 9.51. The van der Waals surface area contributed by atoms with Gasteiger partial charge >= 0.3 is 0 Å². The first-order valence-electron chi connectivity index (χ1n) is 7.51. The van der Waals surface area contributed by atoms with Crippen molar-refractivity contribution in [3.05, 3.63) is 5.82 Å². The molecule has 1 N–H and O–H groups in total. The molecule has 2 rings (SSSR count). The first-order valence-corrected chi connectivity index (χ1v) is 7.51. The molecule has 0 amide bonds. The lowest BCUT2D eigenvalue weighted by molar-refractivity contribution is 0.238. The Hall–Kier alpha value is -0.970. The van der Waals surface area contributed by atoms with Crippen molar-refractivity contribution in [2.75, 3.05) is 0 Å². The maximum absolute atomic E-state index is 4.22. The molecule has 0 spiro atoms. The molecule has 108 valence electrons. The third-order valence-corrected chi connectivity index (χ3v) is 4.02. The molecule has 1 fully saturated rings. The van der Waals surface area contributed by atoms with Gasteiger partial charge in [-0.1, -0.05) is 26.2 Å². The second-order valence-corrected chi connectivity index (χ2v) is 6.74. The van der Waals surface area contributed by atoms with Crippen molar-refractivity contribution in [3.8, 4) is 0 Å². The first-order chi connectivity index (χ1) is 8.99. The summed E-state index contributed by atoms with van der Waals surface area (Å²) in [7, 11) is 0. The fourth-order valence-electron chi connectivity index (χ4n) is 2.81. The number of nitrogens with one attached hydrogen (secondary N) is 1. The van der Waals surface area contributed by atoms with Crippen molar-refractivity contribution in [1.29, 1.82) is 0 Å². The average Bonchev–Trinajstić information content (AvgIpc) is 2.84. The predicted octanol–water partition coefficient (Wildman–Crippen LogP) is 2.70. The highest BCUT2D eigenvalue weighted by Crippen LogP contribution is 2.33. The summed E-state index contributed by atoms with van der Waals surface area (Å²) in [6, 6.07) is 0.491. The zero-order valence-electron chi connectivity index (χ0n) is 12.7. The lowest BCUT2D eigenvalue weighted by Gasteiger charge is -2.29. The Morgan fingerprint density at radius 2 is 2.11 bits per heavy atom. The summed E-state index contributed by atoms with van der Waals surface area (Å²) in [6.07, 6.45) is 6.38. The van der Waals surface area contributed by atoms with E-state index in [1.54, 1.807) is 0 Å². The summed E-state index contributed by atoms with van der Waals surface area (Å²) in [4.78, 5) is 0. The van der Waals surface area contributed by atoms with Crippen molar-refractivity contribution in [1.82, 2.24) is 25.5 Å². The fraction of sp³-hybridized carbons (Fsp3) is 0.929. The third-order valence-electron chi connectivity index (χ3n) is 4.02.